The number of hydrogen-bond donors (Lipinski definition) is 0. The van der Waals surface area contributed by atoms with E-state index in [2.05, 4.69) is 6.58 Å². The summed E-state index contributed by atoms with van der Waals surface area (Å²) in [5, 5.41) is 0. The lowest BCUT2D eigenvalue weighted by Gasteiger charge is -2.33. The molecule has 4 nitrogen and oxygen atoms in total. The molecule has 22 heavy (non-hydrogen) atoms. The minimum absolute atomic E-state index is 0.0979. The lowest BCUT2D eigenvalue weighted by Crippen LogP contribution is -2.52. The number of hydrogen-bond acceptors (Lipinski definition) is 2. The van der Waals surface area contributed by atoms with Crippen LogP contribution in [-0.2, 0) is 9.59 Å². The number of nitrogens with zero attached hydrogens (tertiary/aromatic N) is 2. The summed E-state index contributed by atoms with van der Waals surface area (Å²) in [4.78, 5) is 28.9. The van der Waals surface area contributed by atoms with Crippen molar-refractivity contribution in [3.8, 4) is 0 Å². The summed E-state index contributed by atoms with van der Waals surface area (Å²) in [6.07, 6.45) is 4.88. The molecule has 1 heterocycles. The second-order valence-corrected chi connectivity index (χ2v) is 6.24. The summed E-state index contributed by atoms with van der Waals surface area (Å²) in [5.41, 5.74) is 1.22. The minimum Gasteiger partial charge on any atom is -0.341 e. The fraction of sp³-hybridized carbons (Fsp3) is 0.444. The summed E-state index contributed by atoms with van der Waals surface area (Å²) in [5.74, 6) is -0.102. The monoisotopic (exact) mass is 298 g/mol. The van der Waals surface area contributed by atoms with E-state index in [0.29, 0.717) is 0 Å². The third kappa shape index (κ3) is 2.43. The lowest BCUT2D eigenvalue weighted by molar-refractivity contribution is -0.134. The van der Waals surface area contributed by atoms with Crippen LogP contribution in [-0.4, -0.2) is 35.3 Å². The predicted molar refractivity (Wildman–Crippen MR) is 86.6 cm³/mol. The van der Waals surface area contributed by atoms with Crippen LogP contribution in [0.15, 0.2) is 36.9 Å². The molecule has 2 aliphatic rings. The van der Waals surface area contributed by atoms with Gasteiger partial charge in [0.25, 0.3) is 5.91 Å². The first-order valence-electron chi connectivity index (χ1n) is 7.91. The van der Waals surface area contributed by atoms with Gasteiger partial charge in [-0.25, -0.2) is 0 Å². The van der Waals surface area contributed by atoms with Gasteiger partial charge in [0.1, 0.15) is 5.54 Å². The maximum Gasteiger partial charge on any atom is 0.251 e. The van der Waals surface area contributed by atoms with Gasteiger partial charge >= 0.3 is 0 Å². The van der Waals surface area contributed by atoms with E-state index >= 15 is 0 Å². The van der Waals surface area contributed by atoms with E-state index in [9.17, 15) is 9.59 Å². The van der Waals surface area contributed by atoms with Gasteiger partial charge in [0.2, 0.25) is 5.91 Å². The smallest absolute Gasteiger partial charge is 0.251 e. The molecule has 2 fully saturated rings. The van der Waals surface area contributed by atoms with Crippen molar-refractivity contribution in [2.45, 2.75) is 38.1 Å². The van der Waals surface area contributed by atoms with Crippen LogP contribution in [0.4, 0.5) is 5.69 Å². The lowest BCUT2D eigenvalue weighted by atomic mass is 10.1. The molecule has 1 saturated heterocycles. The van der Waals surface area contributed by atoms with E-state index < -0.39 is 5.54 Å². The molecular formula is C18H22N2O2. The quantitative estimate of drug-likeness (QED) is 0.802. The van der Waals surface area contributed by atoms with Crippen molar-refractivity contribution in [2.75, 3.05) is 18.0 Å². The van der Waals surface area contributed by atoms with Crippen molar-refractivity contribution in [1.29, 1.82) is 0 Å². The van der Waals surface area contributed by atoms with Crippen LogP contribution < -0.4 is 4.90 Å². The van der Waals surface area contributed by atoms with E-state index in [-0.39, 0.29) is 11.8 Å². The Labute approximate surface area is 131 Å². The second kappa shape index (κ2) is 5.59. The molecule has 1 aromatic rings. The second-order valence-electron chi connectivity index (χ2n) is 6.24. The molecule has 3 rings (SSSR count). The molecular weight excluding hydrogens is 276 g/mol. The highest BCUT2D eigenvalue weighted by molar-refractivity contribution is 6.09. The zero-order chi connectivity index (χ0) is 15.7. The molecule has 0 unspecified atom stereocenters. The summed E-state index contributed by atoms with van der Waals surface area (Å²) >= 11 is 0. The van der Waals surface area contributed by atoms with Crippen molar-refractivity contribution < 1.29 is 9.59 Å². The Balaban J connectivity index is 1.95. The fourth-order valence-electron chi connectivity index (χ4n) is 3.24. The molecule has 1 aliphatic carbocycles. The summed E-state index contributed by atoms with van der Waals surface area (Å²) in [7, 11) is 0. The van der Waals surface area contributed by atoms with Crippen molar-refractivity contribution in [3.63, 3.8) is 0 Å². The number of amides is 2. The number of likely N-dealkylation sites (tertiary alicyclic amines) is 1. The molecule has 1 aliphatic heterocycles. The molecule has 0 bridgehead atoms. The van der Waals surface area contributed by atoms with Crippen LogP contribution in [0.2, 0.25) is 0 Å². The van der Waals surface area contributed by atoms with Crippen molar-refractivity contribution in [2.24, 2.45) is 0 Å². The van der Waals surface area contributed by atoms with Crippen LogP contribution in [0.5, 0.6) is 0 Å². The Morgan fingerprint density at radius 2 is 1.77 bits per heavy atom. The Hall–Kier alpha value is -2.10. The van der Waals surface area contributed by atoms with Gasteiger partial charge in [0.15, 0.2) is 0 Å². The maximum atomic E-state index is 12.9. The zero-order valence-electron chi connectivity index (χ0n) is 13.0. The first kappa shape index (κ1) is 14.8. The Bertz CT molecular complexity index is 596. The topological polar surface area (TPSA) is 40.6 Å². The first-order chi connectivity index (χ1) is 10.6. The molecule has 1 saturated carbocycles. The van der Waals surface area contributed by atoms with Gasteiger partial charge < -0.3 is 4.90 Å². The van der Waals surface area contributed by atoms with Crippen LogP contribution in [0, 0.1) is 6.92 Å². The van der Waals surface area contributed by atoms with Crippen LogP contribution in [0.3, 0.4) is 0 Å². The normalized spacial score (nSPS) is 18.9. The van der Waals surface area contributed by atoms with Crippen molar-refractivity contribution in [3.05, 3.63) is 42.5 Å². The highest BCUT2D eigenvalue weighted by Gasteiger charge is 2.58. The van der Waals surface area contributed by atoms with E-state index in [1.165, 1.54) is 6.08 Å². The first-order valence-corrected chi connectivity index (χ1v) is 7.91. The standard InChI is InChI=1S/C18H22N2O2/c1-3-16(21)20(15-8-6-14(2)7-9-15)18(10-11-18)17(22)19-12-4-5-13-19/h3,6-9H,1,4-5,10-13H2,2H3. The zero-order valence-corrected chi connectivity index (χ0v) is 13.0. The summed E-state index contributed by atoms with van der Waals surface area (Å²) in [6.45, 7) is 7.23. The van der Waals surface area contributed by atoms with Crippen LogP contribution in [0.1, 0.15) is 31.2 Å². The average molecular weight is 298 g/mol. The third-order valence-electron chi connectivity index (χ3n) is 4.63. The van der Waals surface area contributed by atoms with Crippen LogP contribution in [0.25, 0.3) is 0 Å². The van der Waals surface area contributed by atoms with Crippen LogP contribution >= 0.6 is 0 Å². The van der Waals surface area contributed by atoms with Gasteiger partial charge in [-0.1, -0.05) is 24.3 Å². The van der Waals surface area contributed by atoms with Gasteiger partial charge in [-0.05, 0) is 50.8 Å². The van der Waals surface area contributed by atoms with Gasteiger partial charge in [0.05, 0.1) is 0 Å². The minimum atomic E-state index is -0.690. The Morgan fingerprint density at radius 3 is 2.27 bits per heavy atom. The Kier molecular flexibility index (Phi) is 3.77. The SMILES string of the molecule is C=CC(=O)N(c1ccc(C)cc1)C1(C(=O)N2CCCC2)CC1. The molecule has 1 aromatic carbocycles. The average Bonchev–Trinajstić information content (AvgIpc) is 3.13. The summed E-state index contributed by atoms with van der Waals surface area (Å²) < 4.78 is 0. The largest absolute Gasteiger partial charge is 0.341 e. The van der Waals surface area contributed by atoms with Gasteiger partial charge in [-0.3, -0.25) is 14.5 Å². The highest BCUT2D eigenvalue weighted by atomic mass is 16.2. The highest BCUT2D eigenvalue weighted by Crippen LogP contribution is 2.46. The van der Waals surface area contributed by atoms with Gasteiger partial charge in [0, 0.05) is 18.8 Å². The molecule has 2 amide bonds. The number of carbonyl (C=O) groups excluding carboxylic acids is 2. The molecule has 0 radical (unpaired) electrons. The van der Waals surface area contributed by atoms with E-state index in [1.54, 1.807) is 4.90 Å². The van der Waals surface area contributed by atoms with E-state index in [0.717, 1.165) is 50.0 Å². The molecule has 0 atom stereocenters. The molecule has 0 aromatic heterocycles. The maximum absolute atomic E-state index is 12.9. The Morgan fingerprint density at radius 1 is 1.18 bits per heavy atom. The number of aryl methyl sites for hydroxylation is 1. The number of rotatable bonds is 4. The van der Waals surface area contributed by atoms with E-state index in [4.69, 9.17) is 0 Å². The molecule has 116 valence electrons. The number of benzene rings is 1. The van der Waals surface area contributed by atoms with Gasteiger partial charge in [-0.2, -0.15) is 0 Å². The molecule has 4 heteroatoms. The van der Waals surface area contributed by atoms with E-state index in [1.807, 2.05) is 36.1 Å². The fourth-order valence-corrected chi connectivity index (χ4v) is 3.24. The number of anilines is 1. The van der Waals surface area contributed by atoms with Gasteiger partial charge in [-0.15, -0.1) is 0 Å². The third-order valence-corrected chi connectivity index (χ3v) is 4.63. The van der Waals surface area contributed by atoms with Crippen molar-refractivity contribution >= 4 is 17.5 Å². The predicted octanol–water partition coefficient (Wildman–Crippen LogP) is 2.67. The number of carbonyl (C=O) groups is 2. The molecule has 0 spiro atoms. The molecule has 0 N–H and O–H groups in total. The van der Waals surface area contributed by atoms with Crippen molar-refractivity contribution in [1.82, 2.24) is 4.90 Å². The summed E-state index contributed by atoms with van der Waals surface area (Å²) in [6, 6.07) is 7.76.